The number of ether oxygens (including phenoxy) is 8. The largest absolute Gasteiger partial charge is 1.00 e. The van der Waals surface area contributed by atoms with Crippen molar-refractivity contribution >= 4 is 186 Å². The predicted octanol–water partition coefficient (Wildman–Crippen LogP) is 20.5. The minimum absolute atomic E-state index is 0. The average molecular weight is 2380 g/mol. The number of nitrogens with two attached hydrogens (primary N) is 4. The average Bonchev–Trinajstić information content (AvgIpc) is 1.60. The number of aromatic nitrogens is 5. The first-order chi connectivity index (χ1) is 70.3. The second kappa shape index (κ2) is 60.5. The maximum absolute atomic E-state index is 11.7. The first-order valence-electron chi connectivity index (χ1n) is 47.3. The molecule has 37 heteroatoms. The molecule has 10 N–H and O–H groups in total. The van der Waals surface area contributed by atoms with Crippen molar-refractivity contribution in [3.63, 3.8) is 0 Å². The van der Waals surface area contributed by atoms with Gasteiger partial charge in [0.15, 0.2) is 0 Å². The van der Waals surface area contributed by atoms with E-state index >= 15 is 0 Å². The molecule has 5 saturated carbocycles. The number of nitrogens with zero attached hydrogens (tertiary/aromatic N) is 10. The van der Waals surface area contributed by atoms with Crippen LogP contribution in [0.25, 0.3) is 99.5 Å². The number of phenolic OH excluding ortho intramolecular Hbond substituents is 1. The molecule has 0 atom stereocenters. The summed E-state index contributed by atoms with van der Waals surface area (Å²) >= 11 is 16.3. The Balaban J connectivity index is 0.000000216. The summed E-state index contributed by atoms with van der Waals surface area (Å²) in [7, 11) is 6.65. The molecule has 0 saturated heterocycles. The van der Waals surface area contributed by atoms with E-state index < -0.39 is 11.5 Å². The Morgan fingerprint density at radius 3 is 1.03 bits per heavy atom. The molecule has 5 aliphatic carbocycles. The Labute approximate surface area is 992 Å². The maximum atomic E-state index is 11.7. The van der Waals surface area contributed by atoms with E-state index in [9.17, 15) is 35.7 Å². The van der Waals surface area contributed by atoms with Gasteiger partial charge in [0, 0.05) is 151 Å². The van der Waals surface area contributed by atoms with E-state index in [0.717, 1.165) is 202 Å². The Hall–Kier alpha value is -10.6. The molecule has 5 aromatic heterocycles. The number of nitriles is 5. The predicted molar refractivity (Wildman–Crippen MR) is 597 cm³/mol. The molecule has 0 unspecified atom stereocenters. The van der Waals surface area contributed by atoms with Crippen molar-refractivity contribution in [2.24, 2.45) is 0 Å². The third kappa shape index (κ3) is 30.9. The molecule has 20 rings (SSSR count). The summed E-state index contributed by atoms with van der Waals surface area (Å²) in [6.07, 6.45) is 19.0. The smallest absolute Gasteiger partial charge is 1.00 e. The van der Waals surface area contributed by atoms with Crippen LogP contribution in [0.3, 0.4) is 0 Å². The number of amides is 1. The van der Waals surface area contributed by atoms with Gasteiger partial charge in [-0.2, -0.15) is 26.3 Å². The molecule has 0 spiro atoms. The second-order valence-corrected chi connectivity index (χ2v) is 42.3. The zero-order valence-electron chi connectivity index (χ0n) is 84.1. The van der Waals surface area contributed by atoms with Crippen LogP contribution in [-0.4, -0.2) is 117 Å². The van der Waals surface area contributed by atoms with Gasteiger partial charge >= 0.3 is 117 Å². The van der Waals surface area contributed by atoms with Gasteiger partial charge in [-0.3, -0.25) is 10.1 Å². The SMILES string of the molecule is BrB(Br)Br.C.CCOC(=O)Cl.CCOC(=O)Nc1ccc(-c2c(C#N)c3ccc(OCCOC)cc3n2C2CCC2)cc1.COCCOc1ccc2c(C#N)c(-c3ccc(N)cc3)n(C3CCC3)c2c1.COc1ccc2c(C#N)c(-c3ccc(N)cc3)n(C3CCC3)c2c1.COc1ccc2c(C#N)cn(C3CCC3)c2c1.N#Cc1c(-c2ccc(N)cc2)n(C2CCC2)c2cc(O)ccc12.Nc1ccc(I)cc1.O=CO[O-].[H-].[K+].[K+]. The fourth-order valence-corrected chi connectivity index (χ4v) is 18.0. The fraction of sp³-hybridized carbons (Fsp3) is 0.297. The number of nitrogens with one attached hydrogen (secondary N) is 1. The Morgan fingerprint density at radius 1 is 0.453 bits per heavy atom. The third-order valence-electron chi connectivity index (χ3n) is 25.5. The number of aromatic hydroxyl groups is 1. The van der Waals surface area contributed by atoms with E-state index in [2.05, 4.69) is 138 Å². The van der Waals surface area contributed by atoms with Crippen LogP contribution in [-0.2, 0) is 28.6 Å². The summed E-state index contributed by atoms with van der Waals surface area (Å²) in [4.78, 5) is 32.5. The number of benzene rings is 10. The molecular weight excluding hydrogens is 2260 g/mol. The van der Waals surface area contributed by atoms with Gasteiger partial charge in [0.2, 0.25) is 0 Å². The Morgan fingerprint density at radius 2 is 0.750 bits per heavy atom. The van der Waals surface area contributed by atoms with Crippen molar-refractivity contribution in [2.75, 3.05) is 96.3 Å². The van der Waals surface area contributed by atoms with Crippen LogP contribution in [0.1, 0.15) is 177 Å². The van der Waals surface area contributed by atoms with Crippen molar-refractivity contribution in [1.29, 1.82) is 26.3 Å². The van der Waals surface area contributed by atoms with Gasteiger partial charge in [0.1, 0.15) is 72.3 Å². The van der Waals surface area contributed by atoms with Gasteiger partial charge in [0.05, 0.1) is 119 Å². The molecule has 0 bridgehead atoms. The monoisotopic (exact) mass is 2370 g/mol. The number of anilines is 5. The number of hydrogen-bond donors (Lipinski definition) is 6. The van der Waals surface area contributed by atoms with Gasteiger partial charge < -0.3 is 100 Å². The number of carbonyl (C=O) groups is 3. The van der Waals surface area contributed by atoms with Gasteiger partial charge in [-0.05, 0) is 288 Å². The van der Waals surface area contributed by atoms with Crippen LogP contribution in [0.15, 0.2) is 219 Å². The summed E-state index contributed by atoms with van der Waals surface area (Å²) in [5.74, 6) is 3.45. The molecule has 29 nitrogen and oxygen atoms in total. The van der Waals surface area contributed by atoms with Crippen molar-refractivity contribution in [1.82, 2.24) is 22.8 Å². The summed E-state index contributed by atoms with van der Waals surface area (Å²) in [6.45, 7) is 5.97. The fourth-order valence-electron chi connectivity index (χ4n) is 17.6. The van der Waals surface area contributed by atoms with Crippen molar-refractivity contribution < 1.29 is 172 Å². The molecule has 1 amide bonds. The molecule has 148 heavy (non-hydrogen) atoms. The third-order valence-corrected chi connectivity index (χ3v) is 26.3. The number of carbonyl (C=O) groups excluding carboxylic acids is 3. The van der Waals surface area contributed by atoms with E-state index in [0.29, 0.717) is 97.9 Å². The molecule has 0 aliphatic heterocycles. The number of fused-ring (bicyclic) bond motifs is 5. The van der Waals surface area contributed by atoms with Gasteiger partial charge in [-0.25, -0.2) is 9.59 Å². The van der Waals surface area contributed by atoms with E-state index in [1.54, 1.807) is 54.4 Å². The van der Waals surface area contributed by atoms with Crippen LogP contribution in [0, 0.1) is 60.2 Å². The van der Waals surface area contributed by atoms with E-state index in [1.807, 2.05) is 206 Å². The van der Waals surface area contributed by atoms with Crippen LogP contribution < -0.4 is 155 Å². The van der Waals surface area contributed by atoms with Crippen LogP contribution in [0.4, 0.5) is 38.0 Å². The topological polar surface area (TPSA) is 437 Å². The molecular formula is C111H117BBr3ClIK2N15O14. The first kappa shape index (κ1) is 121. The molecule has 10 aromatic carbocycles. The molecule has 760 valence electrons. The summed E-state index contributed by atoms with van der Waals surface area (Å²) in [6, 6.07) is 81.4. The summed E-state index contributed by atoms with van der Waals surface area (Å²) in [5, 5.41) is 74.5. The van der Waals surface area contributed by atoms with Crippen LogP contribution in [0.5, 0.6) is 28.7 Å². The van der Waals surface area contributed by atoms with E-state index in [1.165, 1.54) is 48.5 Å². The van der Waals surface area contributed by atoms with E-state index in [-0.39, 0.29) is 127 Å². The zero-order chi connectivity index (χ0) is 104. The van der Waals surface area contributed by atoms with Gasteiger partial charge in [-0.1, -0.05) is 56.0 Å². The minimum Gasteiger partial charge on any atom is -1.00 e. The normalized spacial score (nSPS) is 13.0. The maximum Gasteiger partial charge on any atom is 1.00 e. The van der Waals surface area contributed by atoms with E-state index in [4.69, 9.17) is 83.0 Å². The molecule has 5 aliphatic rings. The number of hydrogen-bond acceptors (Lipinski definition) is 23. The number of rotatable bonds is 23. The number of phenols is 1. The second-order valence-electron chi connectivity index (χ2n) is 34.3. The summed E-state index contributed by atoms with van der Waals surface area (Å²) < 4.78 is 54.4. The standard InChI is InChI=1S/C25H27N3O4.C22H23N3O2.C20H19N3O.C19H17N3O.C14H14N2O.C6H6IN.C3H5ClO2.CH2O3.CH4.BBr3.2K.H/c1-3-31-25(29)27-18-9-7-17(8-10-18)24-22(16-26)21-12-11-20(32-14-13-30-2)15-23(21)28(24)19-5-4-6-19;1-26-11-12-27-18-9-10-19-20(14-23)22(15-5-7-16(24)8-6-15)25(21(19)13-18)17-3-2-4-17;1-24-16-9-10-17-18(12-21)20(13-5-7-14(22)8-6-13)23(19(17)11-16)15-3-2-4-15;20-11-17-16-9-8-15(23)10-18(16)22(14-2-1-3-14)19(17)12-4-6-13(21)7-5-12;1-17-12-5-6-13-10(8-15)9-16(14(13)7-12)11-3-2-4-11;7-5-1-3-6(8)4-2-5;1-2-6-3(4)5;2-1-4-3;;2-1(3)4;;;/h7-12,15,19H,3-6,13-14H2,1-2H3,(H,27,29);5-10,13,17H,2-4,11-12,24H2,1H3;5-11,15H,2-4,22H2,1H3;4-10,14,23H,1-3,21H2;5-7,9,11H,2-4H2,1H3;1-4H,8H2;2H2,1H3;1,3H;1H4;;;;/q;;;;;;;;;;2*+1;-1/p-1. The quantitative estimate of drug-likeness (QED) is 0.00506. The van der Waals surface area contributed by atoms with Crippen LogP contribution in [0.2, 0.25) is 0 Å². The van der Waals surface area contributed by atoms with Gasteiger partial charge in [-0.15, -0.1) is 47.3 Å². The van der Waals surface area contributed by atoms with Gasteiger partial charge in [0.25, 0.3) is 6.47 Å². The first-order valence-corrected chi connectivity index (χ1v) is 51.5. The Kier molecular flexibility index (Phi) is 49.4. The molecule has 5 heterocycles. The zero-order valence-corrected chi connectivity index (χ0v) is 97.0. The number of methoxy groups -OCH3 is 4. The molecule has 15 aromatic rings. The number of nitrogen functional groups attached to an aromatic ring is 4. The number of halogens is 5. The van der Waals surface area contributed by atoms with Crippen molar-refractivity contribution in [2.45, 2.75) is 148 Å². The van der Waals surface area contributed by atoms with Crippen LogP contribution >= 0.6 is 81.5 Å². The van der Waals surface area contributed by atoms with Crippen molar-refractivity contribution in [3.05, 3.63) is 250 Å². The Bertz CT molecular complexity index is 7170. The van der Waals surface area contributed by atoms with Crippen molar-refractivity contribution in [3.8, 4) is 104 Å². The summed E-state index contributed by atoms with van der Waals surface area (Å²) in [5.41, 5.74) is 42.3. The minimum atomic E-state index is -0.738. The molecule has 0 radical (unpaired) electrons. The molecule has 5 fully saturated rings.